The molecule has 60 valence electrons. The van der Waals surface area contributed by atoms with Crippen molar-refractivity contribution >= 4 is 28.7 Å². The number of fused-ring (bicyclic) bond motifs is 1. The molecule has 0 radical (unpaired) electrons. The Balaban J connectivity index is 0.000000605. The smallest absolute Gasteiger partial charge is 1.00 e. The monoisotopic (exact) mass is 191 g/mol. The Morgan fingerprint density at radius 2 is 2.00 bits per heavy atom. The predicted octanol–water partition coefficient (Wildman–Crippen LogP) is -1.17. The van der Waals surface area contributed by atoms with Gasteiger partial charge in [0.15, 0.2) is 0 Å². The van der Waals surface area contributed by atoms with Gasteiger partial charge in [0, 0.05) is 5.69 Å². The van der Waals surface area contributed by atoms with Crippen LogP contribution >= 0.6 is 0 Å². The van der Waals surface area contributed by atoms with Crippen molar-refractivity contribution in [3.63, 3.8) is 0 Å². The van der Waals surface area contributed by atoms with Crippen LogP contribution in [0.25, 0.3) is 0 Å². The summed E-state index contributed by atoms with van der Waals surface area (Å²) in [5.74, 6) is 0. The molecule has 0 saturated carbocycles. The van der Waals surface area contributed by atoms with Crippen molar-refractivity contribution in [2.24, 2.45) is 0 Å². The Kier molecular flexibility index (Phi) is 5.71. The van der Waals surface area contributed by atoms with Gasteiger partial charge in [-0.25, -0.2) is 6.54 Å². The Bertz CT molecular complexity index is 215. The van der Waals surface area contributed by atoms with E-state index < -0.39 is 0 Å². The fraction of sp³-hybridized carbons (Fsp3) is 0.222. The predicted molar refractivity (Wildman–Crippen MR) is 48.4 cm³/mol. The molecule has 0 bridgehead atoms. The van der Waals surface area contributed by atoms with Crippen molar-refractivity contribution in [1.29, 1.82) is 0 Å². The number of aryl methyl sites for hydroxylation is 1. The molecule has 0 saturated heterocycles. The minimum absolute atomic E-state index is 0. The maximum Gasteiger partial charge on any atom is 2.00 e. The second kappa shape index (κ2) is 5.68. The number of anilines is 1. The van der Waals surface area contributed by atoms with Crippen molar-refractivity contribution in [1.82, 2.24) is 0 Å². The standard InChI is InChI=1S/C9H10N.ClH.Mg/c1-2-6-9-8(4-1)5-3-7-10-9;;/h1-2,4,6-7,10H,3,5H2;1H;/q-1;;+2/p-1. The molecule has 0 aromatic heterocycles. The first kappa shape index (κ1) is 12.1. The molecule has 0 atom stereocenters. The average Bonchev–Trinajstić information content (AvgIpc) is 2.05. The van der Waals surface area contributed by atoms with Crippen LogP contribution < -0.4 is 17.7 Å². The molecule has 0 amide bonds. The van der Waals surface area contributed by atoms with Crippen LogP contribution in [-0.2, 0) is 6.42 Å². The molecule has 2 rings (SSSR count). The van der Waals surface area contributed by atoms with Crippen LogP contribution in [-0.4, -0.2) is 23.1 Å². The summed E-state index contributed by atoms with van der Waals surface area (Å²) in [6, 6.07) is 8.44. The normalized spacial score (nSPS) is 13.0. The zero-order valence-corrected chi connectivity index (χ0v) is 9.06. The summed E-state index contributed by atoms with van der Waals surface area (Å²) in [5, 5.41) is 3.24. The third-order valence-electron chi connectivity index (χ3n) is 1.83. The minimum atomic E-state index is 0. The van der Waals surface area contributed by atoms with Gasteiger partial charge in [-0.05, 0) is 11.6 Å². The Labute approximate surface area is 95.5 Å². The van der Waals surface area contributed by atoms with E-state index in [0.29, 0.717) is 0 Å². The van der Waals surface area contributed by atoms with Crippen LogP contribution in [0.3, 0.4) is 0 Å². The second-order valence-corrected chi connectivity index (χ2v) is 2.54. The van der Waals surface area contributed by atoms with Gasteiger partial charge >= 0.3 is 23.1 Å². The van der Waals surface area contributed by atoms with Crippen LogP contribution in [0.4, 0.5) is 5.69 Å². The summed E-state index contributed by atoms with van der Waals surface area (Å²) in [6.07, 6.45) is 2.33. The van der Waals surface area contributed by atoms with E-state index in [1.807, 2.05) is 0 Å². The van der Waals surface area contributed by atoms with E-state index in [2.05, 4.69) is 36.1 Å². The van der Waals surface area contributed by atoms with Gasteiger partial charge in [0.25, 0.3) is 0 Å². The molecule has 1 heterocycles. The maximum atomic E-state index is 3.24. The summed E-state index contributed by atoms with van der Waals surface area (Å²) in [4.78, 5) is 0. The molecule has 3 heteroatoms. The molecule has 0 unspecified atom stereocenters. The maximum absolute atomic E-state index is 3.24. The first-order valence-corrected chi connectivity index (χ1v) is 3.63. The third-order valence-corrected chi connectivity index (χ3v) is 1.83. The third kappa shape index (κ3) is 2.54. The topological polar surface area (TPSA) is 12.0 Å². The number of rotatable bonds is 0. The Morgan fingerprint density at radius 1 is 1.25 bits per heavy atom. The van der Waals surface area contributed by atoms with Crippen molar-refractivity contribution in [2.75, 3.05) is 5.32 Å². The van der Waals surface area contributed by atoms with Gasteiger partial charge in [0.2, 0.25) is 0 Å². The summed E-state index contributed by atoms with van der Waals surface area (Å²) < 4.78 is 0. The number of benzene rings is 1. The van der Waals surface area contributed by atoms with Crippen LogP contribution in [0.15, 0.2) is 24.3 Å². The molecule has 1 aromatic rings. The summed E-state index contributed by atoms with van der Waals surface area (Å²) in [7, 11) is 0. The molecule has 12 heavy (non-hydrogen) atoms. The molecule has 1 aliphatic heterocycles. The van der Waals surface area contributed by atoms with E-state index in [-0.39, 0.29) is 35.5 Å². The first-order chi connectivity index (χ1) is 4.97. The van der Waals surface area contributed by atoms with Gasteiger partial charge in [-0.15, -0.1) is 0 Å². The number of halogens is 1. The molecule has 1 nitrogen and oxygen atoms in total. The summed E-state index contributed by atoms with van der Waals surface area (Å²) in [6.45, 7) is 2.11. The molecule has 1 aliphatic rings. The SMILES string of the molecule is [Cl-].[Mg+2].c1ccc2c(c1)CC[CH-]N2. The molecular weight excluding hydrogens is 182 g/mol. The van der Waals surface area contributed by atoms with Crippen molar-refractivity contribution < 1.29 is 12.4 Å². The summed E-state index contributed by atoms with van der Waals surface area (Å²) >= 11 is 0. The number of hydrogen-bond acceptors (Lipinski definition) is 1. The van der Waals surface area contributed by atoms with Crippen LogP contribution in [0, 0.1) is 6.54 Å². The largest absolute Gasteiger partial charge is 2.00 e. The van der Waals surface area contributed by atoms with Gasteiger partial charge in [0.1, 0.15) is 0 Å². The quantitative estimate of drug-likeness (QED) is 0.403. The Hall–Kier alpha value is 0.0762. The fourth-order valence-electron chi connectivity index (χ4n) is 1.29. The van der Waals surface area contributed by atoms with E-state index in [1.165, 1.54) is 17.7 Å². The van der Waals surface area contributed by atoms with Crippen molar-refractivity contribution in [3.05, 3.63) is 36.4 Å². The number of hydrogen-bond donors (Lipinski definition) is 1. The molecule has 0 aliphatic carbocycles. The Morgan fingerprint density at radius 3 is 2.75 bits per heavy atom. The van der Waals surface area contributed by atoms with Gasteiger partial charge in [-0.3, -0.25) is 0 Å². The zero-order valence-electron chi connectivity index (χ0n) is 6.89. The summed E-state index contributed by atoms with van der Waals surface area (Å²) in [5.41, 5.74) is 2.71. The van der Waals surface area contributed by atoms with E-state index in [4.69, 9.17) is 0 Å². The van der Waals surface area contributed by atoms with Crippen LogP contribution in [0.1, 0.15) is 12.0 Å². The van der Waals surface area contributed by atoms with Gasteiger partial charge in [-0.1, -0.05) is 24.6 Å². The second-order valence-electron chi connectivity index (χ2n) is 2.54. The molecule has 0 fully saturated rings. The van der Waals surface area contributed by atoms with E-state index in [9.17, 15) is 0 Å². The minimum Gasteiger partial charge on any atom is -1.00 e. The number of para-hydroxylation sites is 1. The molecular formula is C9H10ClMgN. The zero-order chi connectivity index (χ0) is 6.81. The molecule has 1 aromatic carbocycles. The van der Waals surface area contributed by atoms with Gasteiger partial charge in [0.05, 0.1) is 0 Å². The first-order valence-electron chi connectivity index (χ1n) is 3.63. The molecule has 1 N–H and O–H groups in total. The van der Waals surface area contributed by atoms with E-state index >= 15 is 0 Å². The van der Waals surface area contributed by atoms with Crippen molar-refractivity contribution in [3.8, 4) is 0 Å². The van der Waals surface area contributed by atoms with Gasteiger partial charge in [-0.2, -0.15) is 6.42 Å². The average molecular weight is 192 g/mol. The fourth-order valence-corrected chi connectivity index (χ4v) is 1.29. The molecule has 0 spiro atoms. The number of nitrogens with one attached hydrogen (secondary N) is 1. The van der Waals surface area contributed by atoms with Crippen LogP contribution in [0.5, 0.6) is 0 Å². The van der Waals surface area contributed by atoms with Gasteiger partial charge < -0.3 is 17.7 Å². The van der Waals surface area contributed by atoms with Crippen molar-refractivity contribution in [2.45, 2.75) is 12.8 Å². The van der Waals surface area contributed by atoms with E-state index in [0.717, 1.165) is 6.42 Å². The van der Waals surface area contributed by atoms with E-state index in [1.54, 1.807) is 0 Å². The van der Waals surface area contributed by atoms with Crippen LogP contribution in [0.2, 0.25) is 0 Å².